The molecule has 0 fully saturated rings. The van der Waals surface area contributed by atoms with Gasteiger partial charge in [0, 0.05) is 0 Å². The van der Waals surface area contributed by atoms with Crippen molar-refractivity contribution in [3.63, 3.8) is 0 Å². The summed E-state index contributed by atoms with van der Waals surface area (Å²) in [5.74, 6) is 0. The van der Waals surface area contributed by atoms with Gasteiger partial charge in [0.2, 0.25) is 0 Å². The first-order valence-corrected chi connectivity index (χ1v) is 16.6. The van der Waals surface area contributed by atoms with E-state index < -0.39 is 0 Å². The van der Waals surface area contributed by atoms with E-state index in [1.807, 2.05) is 0 Å². The van der Waals surface area contributed by atoms with E-state index in [-0.39, 0.29) is 222 Å². The molecule has 0 saturated carbocycles. The number of rotatable bonds is 0. The van der Waals surface area contributed by atoms with Crippen molar-refractivity contribution in [1.82, 2.24) is 0 Å². The Labute approximate surface area is 488 Å². The molecule has 0 aliphatic heterocycles. The molecule has 0 heterocycles. The van der Waals surface area contributed by atoms with Crippen molar-refractivity contribution in [2.45, 2.75) is 138 Å². The number of hydrogen-bond donors (Lipinski definition) is 0. The van der Waals surface area contributed by atoms with E-state index in [9.17, 15) is 0 Å². The van der Waals surface area contributed by atoms with Gasteiger partial charge in [-0.1, -0.05) is 138 Å². The molecule has 0 nitrogen and oxygen atoms in total. The Morgan fingerprint density at radius 1 is 0.281 bits per heavy atom. The van der Waals surface area contributed by atoms with E-state index >= 15 is 0 Å². The van der Waals surface area contributed by atoms with Gasteiger partial charge in [0.15, 0.2) is 0 Å². The van der Waals surface area contributed by atoms with Crippen LogP contribution in [0, 0.1) is 138 Å². The summed E-state index contributed by atoms with van der Waals surface area (Å²) in [5.41, 5.74) is 29.4. The molecule has 0 unspecified atom stereocenters. The largest absolute Gasteiger partial charge is 3.00 e. The van der Waals surface area contributed by atoms with Crippen LogP contribution in [0.3, 0.4) is 0 Å². The Morgan fingerprint density at radius 3 is 0.351 bits per heavy atom. The molecule has 4 rings (SSSR count). The summed E-state index contributed by atoms with van der Waals surface area (Å²) < 4.78 is 0. The third-order valence-corrected chi connectivity index (χ3v) is 11.2. The third kappa shape index (κ3) is 28.7. The van der Waals surface area contributed by atoms with Gasteiger partial charge in [-0.25, -0.2) is 0 Å². The van der Waals surface area contributed by atoms with E-state index in [0.717, 1.165) is 0 Å². The summed E-state index contributed by atoms with van der Waals surface area (Å²) in [6, 6.07) is 0. The van der Waals surface area contributed by atoms with Gasteiger partial charge in [0.25, 0.3) is 0 Å². The van der Waals surface area contributed by atoms with Crippen LogP contribution in [0.1, 0.15) is 111 Å². The molecular weight excluding hydrogens is 1720 g/mol. The third-order valence-electron chi connectivity index (χ3n) is 11.2. The molecule has 0 bridgehead atoms. The second-order valence-corrected chi connectivity index (χ2v) is 13.4. The molecule has 4 aromatic rings. The second kappa shape index (κ2) is 49.6. The molecule has 57 heavy (non-hydrogen) atoms. The maximum atomic E-state index is 4.76. The van der Waals surface area contributed by atoms with Crippen molar-refractivity contribution in [1.29, 1.82) is 0 Å². The Bertz CT molecular complexity index is 1010. The molecule has 0 amide bonds. The molecular formula is C41H62Cl6Ir4Ni2S4. The predicted molar refractivity (Wildman–Crippen MR) is 229 cm³/mol. The van der Waals surface area contributed by atoms with E-state index in [1.54, 1.807) is 0 Å². The van der Waals surface area contributed by atoms with E-state index in [2.05, 4.69) is 138 Å². The van der Waals surface area contributed by atoms with Crippen LogP contribution in [-0.4, -0.2) is 5.34 Å². The summed E-state index contributed by atoms with van der Waals surface area (Å²) >= 11 is 9.53. The topological polar surface area (TPSA) is 0 Å². The van der Waals surface area contributed by atoms with Crippen molar-refractivity contribution >= 4 is 77.2 Å². The molecule has 0 aromatic heterocycles. The normalized spacial score (nSPS) is 7.68. The molecule has 0 aliphatic carbocycles. The van der Waals surface area contributed by atoms with Gasteiger partial charge in [0.1, 0.15) is 0 Å². The van der Waals surface area contributed by atoms with Crippen molar-refractivity contribution < 1.29 is 163 Å². The van der Waals surface area contributed by atoms with Crippen molar-refractivity contribution in [2.75, 3.05) is 5.34 Å². The number of hydrogen-bond acceptors (Lipinski definition) is 0. The second-order valence-electron chi connectivity index (χ2n) is 12.6. The average molecular weight is 1780 g/mol. The first kappa shape index (κ1) is 104. The van der Waals surface area contributed by atoms with Crippen LogP contribution >= 0.6 is 23.2 Å². The van der Waals surface area contributed by atoms with Crippen molar-refractivity contribution in [2.24, 2.45) is 0 Å². The van der Waals surface area contributed by atoms with Gasteiger partial charge in [-0.3, -0.25) is 0 Å². The quantitative estimate of drug-likeness (QED) is 0.141. The molecule has 0 atom stereocenters. The molecule has 16 heteroatoms. The van der Waals surface area contributed by atoms with Crippen LogP contribution in [0.15, 0.2) is 0 Å². The zero-order chi connectivity index (χ0) is 34.3. The van der Waals surface area contributed by atoms with Crippen LogP contribution in [0.2, 0.25) is 0 Å². The zero-order valence-electron chi connectivity index (χ0n) is 36.6. The standard InChI is InChI=1S/4C10H15.CH2Cl2.4ClH.4Ir.2Ni.4S/c4*1-6-7(2)9(4)10(5)8(6)3;2-1-3;;;;;;;;;;;;;;/h4*1-5H3;1H2;4*1H;;;;;;;;;;/q4*-1;;;;;;4*+3;2*+2;4*-2/p-4. The van der Waals surface area contributed by atoms with E-state index in [4.69, 9.17) is 23.2 Å². The summed E-state index contributed by atoms with van der Waals surface area (Å²) in [6.07, 6.45) is 0. The smallest absolute Gasteiger partial charge is 2.00 e. The van der Waals surface area contributed by atoms with Gasteiger partial charge in [-0.15, -0.1) is 23.2 Å². The fraction of sp³-hybridized carbons (Fsp3) is 0.512. The minimum atomic E-state index is 0. The predicted octanol–water partition coefficient (Wildman–Crippen LogP) is 1.20. The molecule has 0 N–H and O–H groups in total. The summed E-state index contributed by atoms with van der Waals surface area (Å²) in [6.45, 7) is 44.0. The molecule has 0 spiro atoms. The zero-order valence-corrected chi connectivity index (χ0v) is 55.9. The van der Waals surface area contributed by atoms with Crippen LogP contribution in [-0.2, 0) is 167 Å². The van der Waals surface area contributed by atoms with Crippen molar-refractivity contribution in [3.8, 4) is 0 Å². The summed E-state index contributed by atoms with van der Waals surface area (Å²) in [7, 11) is 0. The molecule has 4 aromatic carbocycles. The number of alkyl halides is 2. The summed E-state index contributed by atoms with van der Waals surface area (Å²) in [5, 5.41) is 0.194. The molecule has 348 valence electrons. The number of halogens is 6. The van der Waals surface area contributed by atoms with Crippen molar-refractivity contribution in [3.05, 3.63) is 111 Å². The fourth-order valence-electron chi connectivity index (χ4n) is 5.62. The van der Waals surface area contributed by atoms with Crippen LogP contribution in [0.5, 0.6) is 0 Å². The molecule has 0 aliphatic rings. The van der Waals surface area contributed by atoms with Gasteiger partial charge in [-0.05, 0) is 0 Å². The molecule has 0 radical (unpaired) electrons. The van der Waals surface area contributed by atoms with E-state index in [1.165, 1.54) is 111 Å². The van der Waals surface area contributed by atoms with Crippen LogP contribution in [0.25, 0.3) is 0 Å². The Kier molecular flexibility index (Phi) is 90.3. The minimum absolute atomic E-state index is 0. The first-order chi connectivity index (χ1) is 19.6. The van der Waals surface area contributed by atoms with Gasteiger partial charge in [-0.2, -0.15) is 111 Å². The summed E-state index contributed by atoms with van der Waals surface area (Å²) in [4.78, 5) is 0. The van der Waals surface area contributed by atoms with E-state index in [0.29, 0.717) is 0 Å². The first-order valence-electron chi connectivity index (χ1n) is 15.5. The van der Waals surface area contributed by atoms with Gasteiger partial charge < -0.3 is 104 Å². The Hall–Kier alpha value is 4.12. The average Bonchev–Trinajstić information content (AvgIpc) is 3.42. The minimum Gasteiger partial charge on any atom is -2.00 e. The monoisotopic (exact) mass is 1780 g/mol. The van der Waals surface area contributed by atoms with Crippen LogP contribution in [0.4, 0.5) is 0 Å². The Balaban J connectivity index is -0.0000000287. The SMILES string of the molecule is Cc1c(C)c(C)[c-](C)c1C.Cc1c(C)c(C)[c-](C)c1C.Cc1c(C)c(C)[c-](C)c1C.Cc1c(C)c(C)[c-](C)c1C.ClCCl.[Cl-].[Cl-].[Cl-].[Cl-].[Ir+3].[Ir+3].[Ir+3].[Ir+3].[Ni+2].[Ni+2].[S-2].[S-2].[S-2].[S-2]. The fourth-order valence-corrected chi connectivity index (χ4v) is 5.62. The maximum absolute atomic E-state index is 4.76. The van der Waals surface area contributed by atoms with Crippen LogP contribution < -0.4 is 49.6 Å². The maximum Gasteiger partial charge on any atom is 3.00 e. The molecule has 0 saturated heterocycles. The van der Waals surface area contributed by atoms with Gasteiger partial charge >= 0.3 is 113 Å². The Morgan fingerprint density at radius 2 is 0.333 bits per heavy atom. The van der Waals surface area contributed by atoms with Gasteiger partial charge in [0.05, 0.1) is 5.34 Å².